The number of carboxylic acids is 1. The number of rotatable bonds is 6. The Bertz CT molecular complexity index is 304. The zero-order chi connectivity index (χ0) is 13.3. The topological polar surface area (TPSA) is 43.8 Å². The SMILES string of the molecule is CCC(C)N(CC(=O)O)C1CC(C)N(C2CC2)C1. The number of carbonyl (C=O) groups is 1. The Morgan fingerprint density at radius 1 is 1.50 bits per heavy atom. The van der Waals surface area contributed by atoms with Crippen LogP contribution in [0.15, 0.2) is 0 Å². The Morgan fingerprint density at radius 3 is 2.67 bits per heavy atom. The molecule has 1 saturated carbocycles. The van der Waals surface area contributed by atoms with Gasteiger partial charge in [0.25, 0.3) is 0 Å². The molecule has 0 aromatic rings. The minimum absolute atomic E-state index is 0.185. The zero-order valence-electron chi connectivity index (χ0n) is 11.8. The van der Waals surface area contributed by atoms with Gasteiger partial charge in [0.15, 0.2) is 0 Å². The second-order valence-corrected chi connectivity index (χ2v) is 5.99. The van der Waals surface area contributed by atoms with Crippen LogP contribution in [0.25, 0.3) is 0 Å². The Balaban J connectivity index is 1.99. The fourth-order valence-electron chi connectivity index (χ4n) is 3.22. The van der Waals surface area contributed by atoms with Crippen LogP contribution in [-0.2, 0) is 4.79 Å². The van der Waals surface area contributed by atoms with Crippen molar-refractivity contribution >= 4 is 5.97 Å². The van der Waals surface area contributed by atoms with Crippen molar-refractivity contribution in [3.05, 3.63) is 0 Å². The largest absolute Gasteiger partial charge is 0.480 e. The third-order valence-electron chi connectivity index (χ3n) is 4.56. The van der Waals surface area contributed by atoms with Gasteiger partial charge >= 0.3 is 5.97 Å². The standard InChI is InChI=1S/C14H26N2O2/c1-4-10(2)16(9-14(17)18)13-7-11(3)15(8-13)12-5-6-12/h10-13H,4-9H2,1-3H3,(H,17,18). The first-order chi connectivity index (χ1) is 8.52. The molecule has 3 unspecified atom stereocenters. The maximum atomic E-state index is 11.0. The molecule has 2 aliphatic rings. The summed E-state index contributed by atoms with van der Waals surface area (Å²) in [6, 6.07) is 2.18. The van der Waals surface area contributed by atoms with Crippen LogP contribution in [0, 0.1) is 0 Å². The molecule has 1 N–H and O–H groups in total. The summed E-state index contributed by atoms with van der Waals surface area (Å²) in [6.07, 6.45) is 4.80. The molecule has 0 aromatic carbocycles. The highest BCUT2D eigenvalue weighted by Crippen LogP contribution is 2.35. The number of nitrogens with zero attached hydrogens (tertiary/aromatic N) is 2. The van der Waals surface area contributed by atoms with Crippen LogP contribution in [0.2, 0.25) is 0 Å². The van der Waals surface area contributed by atoms with Crippen molar-refractivity contribution in [2.75, 3.05) is 13.1 Å². The van der Waals surface area contributed by atoms with Gasteiger partial charge in [0.05, 0.1) is 6.54 Å². The molecule has 4 nitrogen and oxygen atoms in total. The van der Waals surface area contributed by atoms with Crippen molar-refractivity contribution in [1.29, 1.82) is 0 Å². The van der Waals surface area contributed by atoms with E-state index in [4.69, 9.17) is 5.11 Å². The highest BCUT2D eigenvalue weighted by atomic mass is 16.4. The number of carboxylic acid groups (broad SMARTS) is 1. The average Bonchev–Trinajstić information content (AvgIpc) is 3.09. The normalized spacial score (nSPS) is 30.9. The molecule has 1 heterocycles. The molecule has 0 amide bonds. The predicted octanol–water partition coefficient (Wildman–Crippen LogP) is 1.80. The first-order valence-corrected chi connectivity index (χ1v) is 7.26. The third kappa shape index (κ3) is 3.04. The van der Waals surface area contributed by atoms with Crippen molar-refractivity contribution in [2.45, 2.75) is 70.6 Å². The summed E-state index contributed by atoms with van der Waals surface area (Å²) in [5, 5.41) is 9.09. The van der Waals surface area contributed by atoms with Gasteiger partial charge in [-0.2, -0.15) is 0 Å². The number of hydrogen-bond donors (Lipinski definition) is 1. The zero-order valence-corrected chi connectivity index (χ0v) is 11.8. The highest BCUT2D eigenvalue weighted by Gasteiger charge is 2.41. The van der Waals surface area contributed by atoms with Gasteiger partial charge in [-0.3, -0.25) is 14.6 Å². The molecule has 0 spiro atoms. The molecular formula is C14H26N2O2. The molecule has 1 aliphatic heterocycles. The molecule has 0 aromatic heterocycles. The number of aliphatic carboxylic acids is 1. The molecule has 0 bridgehead atoms. The molecule has 4 heteroatoms. The van der Waals surface area contributed by atoms with E-state index in [1.807, 2.05) is 0 Å². The molecule has 0 radical (unpaired) electrons. The summed E-state index contributed by atoms with van der Waals surface area (Å²) in [5.41, 5.74) is 0. The quantitative estimate of drug-likeness (QED) is 0.785. The lowest BCUT2D eigenvalue weighted by molar-refractivity contribution is -0.139. The summed E-state index contributed by atoms with van der Waals surface area (Å²) in [7, 11) is 0. The van der Waals surface area contributed by atoms with Gasteiger partial charge in [-0.05, 0) is 39.5 Å². The molecule has 2 fully saturated rings. The molecule has 1 saturated heterocycles. The van der Waals surface area contributed by atoms with Gasteiger partial charge in [-0.1, -0.05) is 6.92 Å². The van der Waals surface area contributed by atoms with Crippen molar-refractivity contribution in [1.82, 2.24) is 9.80 Å². The van der Waals surface area contributed by atoms with E-state index in [0.717, 1.165) is 25.4 Å². The van der Waals surface area contributed by atoms with Gasteiger partial charge < -0.3 is 5.11 Å². The van der Waals surface area contributed by atoms with Gasteiger partial charge in [0.2, 0.25) is 0 Å². The van der Waals surface area contributed by atoms with E-state index in [9.17, 15) is 4.79 Å². The van der Waals surface area contributed by atoms with Crippen molar-refractivity contribution < 1.29 is 9.90 Å². The maximum absolute atomic E-state index is 11.0. The van der Waals surface area contributed by atoms with Crippen LogP contribution in [0.1, 0.15) is 46.5 Å². The molecule has 1 aliphatic carbocycles. The summed E-state index contributed by atoms with van der Waals surface area (Å²) in [5.74, 6) is -0.701. The van der Waals surface area contributed by atoms with Crippen LogP contribution < -0.4 is 0 Å². The molecule has 104 valence electrons. The molecular weight excluding hydrogens is 228 g/mol. The minimum atomic E-state index is -0.701. The van der Waals surface area contributed by atoms with Crippen LogP contribution in [0.4, 0.5) is 0 Å². The Kier molecular flexibility index (Phi) is 4.28. The Hall–Kier alpha value is -0.610. The van der Waals surface area contributed by atoms with E-state index in [1.165, 1.54) is 12.8 Å². The van der Waals surface area contributed by atoms with Crippen molar-refractivity contribution in [2.24, 2.45) is 0 Å². The van der Waals surface area contributed by atoms with Crippen molar-refractivity contribution in [3.63, 3.8) is 0 Å². The summed E-state index contributed by atoms with van der Waals surface area (Å²) >= 11 is 0. The van der Waals surface area contributed by atoms with Crippen LogP contribution in [0.5, 0.6) is 0 Å². The van der Waals surface area contributed by atoms with Gasteiger partial charge in [-0.25, -0.2) is 0 Å². The fourth-order valence-corrected chi connectivity index (χ4v) is 3.22. The van der Waals surface area contributed by atoms with Crippen LogP contribution >= 0.6 is 0 Å². The maximum Gasteiger partial charge on any atom is 0.317 e. The van der Waals surface area contributed by atoms with Gasteiger partial charge in [0, 0.05) is 30.7 Å². The van der Waals surface area contributed by atoms with E-state index in [2.05, 4.69) is 30.6 Å². The van der Waals surface area contributed by atoms with E-state index >= 15 is 0 Å². The predicted molar refractivity (Wildman–Crippen MR) is 71.7 cm³/mol. The Morgan fingerprint density at radius 2 is 2.17 bits per heavy atom. The minimum Gasteiger partial charge on any atom is -0.480 e. The lowest BCUT2D eigenvalue weighted by Gasteiger charge is -2.32. The summed E-state index contributed by atoms with van der Waals surface area (Å²) in [4.78, 5) is 15.8. The second-order valence-electron chi connectivity index (χ2n) is 5.99. The smallest absolute Gasteiger partial charge is 0.317 e. The molecule has 18 heavy (non-hydrogen) atoms. The second kappa shape index (κ2) is 5.57. The van der Waals surface area contributed by atoms with Crippen LogP contribution in [0.3, 0.4) is 0 Å². The number of hydrogen-bond acceptors (Lipinski definition) is 3. The van der Waals surface area contributed by atoms with Gasteiger partial charge in [0.1, 0.15) is 0 Å². The van der Waals surface area contributed by atoms with Crippen LogP contribution in [-0.4, -0.2) is 58.1 Å². The van der Waals surface area contributed by atoms with E-state index in [0.29, 0.717) is 18.1 Å². The first-order valence-electron chi connectivity index (χ1n) is 7.26. The summed E-state index contributed by atoms with van der Waals surface area (Å²) in [6.45, 7) is 7.81. The van der Waals surface area contributed by atoms with E-state index in [1.54, 1.807) is 0 Å². The average molecular weight is 254 g/mol. The van der Waals surface area contributed by atoms with Crippen molar-refractivity contribution in [3.8, 4) is 0 Å². The third-order valence-corrected chi connectivity index (χ3v) is 4.56. The van der Waals surface area contributed by atoms with Gasteiger partial charge in [-0.15, -0.1) is 0 Å². The molecule has 3 atom stereocenters. The highest BCUT2D eigenvalue weighted by molar-refractivity contribution is 5.69. The first kappa shape index (κ1) is 13.8. The molecule has 2 rings (SSSR count). The summed E-state index contributed by atoms with van der Waals surface area (Å²) < 4.78 is 0. The Labute approximate surface area is 110 Å². The fraction of sp³-hybridized carbons (Fsp3) is 0.929. The van der Waals surface area contributed by atoms with E-state index in [-0.39, 0.29) is 6.54 Å². The lowest BCUT2D eigenvalue weighted by atomic mass is 10.1. The lowest BCUT2D eigenvalue weighted by Crippen LogP contribution is -2.46. The monoisotopic (exact) mass is 254 g/mol. The van der Waals surface area contributed by atoms with E-state index < -0.39 is 5.97 Å². The number of likely N-dealkylation sites (tertiary alicyclic amines) is 1.